The molecule has 0 saturated carbocycles. The Morgan fingerprint density at radius 1 is 1.26 bits per heavy atom. The van der Waals surface area contributed by atoms with Crippen LogP contribution in [0.3, 0.4) is 0 Å². The quantitative estimate of drug-likeness (QED) is 0.651. The van der Waals surface area contributed by atoms with Gasteiger partial charge in [-0.2, -0.15) is 0 Å². The Morgan fingerprint density at radius 3 is 2.63 bits per heavy atom. The molecule has 5 heteroatoms. The molecular formula is C14H13BrClFN2. The molecule has 0 saturated heterocycles. The van der Waals surface area contributed by atoms with Crippen molar-refractivity contribution in [2.24, 2.45) is 5.84 Å². The van der Waals surface area contributed by atoms with Gasteiger partial charge in [-0.05, 0) is 41.8 Å². The highest BCUT2D eigenvalue weighted by Crippen LogP contribution is 2.26. The van der Waals surface area contributed by atoms with Gasteiger partial charge in [-0.1, -0.05) is 45.7 Å². The second-order valence-electron chi connectivity index (χ2n) is 4.22. The molecule has 0 aliphatic rings. The zero-order valence-corrected chi connectivity index (χ0v) is 12.4. The van der Waals surface area contributed by atoms with Crippen LogP contribution >= 0.6 is 27.5 Å². The average Bonchev–Trinajstić information content (AvgIpc) is 2.36. The monoisotopic (exact) mass is 342 g/mol. The molecule has 0 aliphatic heterocycles. The standard InChI is InChI=1S/C14H13BrClFN2/c15-10-5-9(6-11(17)8-10)7-14(19-18)12-3-1-2-4-13(12)16/h1-6,8,14,19H,7,18H2. The summed E-state index contributed by atoms with van der Waals surface area (Å²) in [6.45, 7) is 0. The van der Waals surface area contributed by atoms with Crippen LogP contribution in [0.5, 0.6) is 0 Å². The summed E-state index contributed by atoms with van der Waals surface area (Å²) < 4.78 is 14.1. The molecule has 0 aliphatic carbocycles. The molecule has 2 nitrogen and oxygen atoms in total. The van der Waals surface area contributed by atoms with E-state index in [1.165, 1.54) is 12.1 Å². The number of halogens is 3. The van der Waals surface area contributed by atoms with Crippen molar-refractivity contribution >= 4 is 27.5 Å². The number of nitrogens with one attached hydrogen (secondary N) is 1. The Balaban J connectivity index is 2.26. The van der Waals surface area contributed by atoms with Crippen LogP contribution < -0.4 is 11.3 Å². The Labute approximate surface area is 124 Å². The maximum absolute atomic E-state index is 13.4. The molecule has 0 amide bonds. The van der Waals surface area contributed by atoms with Crippen molar-refractivity contribution in [1.82, 2.24) is 5.43 Å². The fourth-order valence-corrected chi connectivity index (χ4v) is 2.76. The predicted octanol–water partition coefficient (Wildman–Crippen LogP) is 3.99. The molecule has 1 unspecified atom stereocenters. The molecule has 0 heterocycles. The van der Waals surface area contributed by atoms with Crippen molar-refractivity contribution in [2.75, 3.05) is 0 Å². The fourth-order valence-electron chi connectivity index (χ4n) is 1.98. The minimum absolute atomic E-state index is 0.164. The second kappa shape index (κ2) is 6.48. The first-order chi connectivity index (χ1) is 9.10. The van der Waals surface area contributed by atoms with Crippen LogP contribution in [0.4, 0.5) is 4.39 Å². The van der Waals surface area contributed by atoms with Gasteiger partial charge in [-0.15, -0.1) is 0 Å². The van der Waals surface area contributed by atoms with Gasteiger partial charge in [-0.25, -0.2) is 4.39 Å². The van der Waals surface area contributed by atoms with Crippen LogP contribution in [0.2, 0.25) is 5.02 Å². The highest BCUT2D eigenvalue weighted by atomic mass is 79.9. The molecule has 2 rings (SSSR count). The molecule has 0 fully saturated rings. The molecule has 1 atom stereocenters. The van der Waals surface area contributed by atoms with Crippen molar-refractivity contribution in [3.63, 3.8) is 0 Å². The van der Waals surface area contributed by atoms with E-state index in [-0.39, 0.29) is 11.9 Å². The number of nitrogens with two attached hydrogens (primary N) is 1. The molecule has 100 valence electrons. The first-order valence-corrected chi connectivity index (χ1v) is 6.93. The number of hydrazine groups is 1. The van der Waals surface area contributed by atoms with Gasteiger partial charge in [-0.3, -0.25) is 11.3 Å². The van der Waals surface area contributed by atoms with Crippen molar-refractivity contribution < 1.29 is 4.39 Å². The number of hydrogen-bond donors (Lipinski definition) is 2. The van der Waals surface area contributed by atoms with Gasteiger partial charge in [0.2, 0.25) is 0 Å². The maximum atomic E-state index is 13.4. The third kappa shape index (κ3) is 3.76. The van der Waals surface area contributed by atoms with Crippen molar-refractivity contribution in [3.05, 3.63) is 68.9 Å². The van der Waals surface area contributed by atoms with Crippen LogP contribution in [0, 0.1) is 5.82 Å². The second-order valence-corrected chi connectivity index (χ2v) is 5.55. The van der Waals surface area contributed by atoms with E-state index in [1.54, 1.807) is 0 Å². The summed E-state index contributed by atoms with van der Waals surface area (Å²) in [6.07, 6.45) is 0.552. The fraction of sp³-hybridized carbons (Fsp3) is 0.143. The van der Waals surface area contributed by atoms with E-state index in [4.69, 9.17) is 17.4 Å². The van der Waals surface area contributed by atoms with Crippen LogP contribution in [-0.2, 0) is 6.42 Å². The summed E-state index contributed by atoms with van der Waals surface area (Å²) in [6, 6.07) is 12.1. The maximum Gasteiger partial charge on any atom is 0.124 e. The smallest absolute Gasteiger partial charge is 0.124 e. The van der Waals surface area contributed by atoms with Gasteiger partial charge >= 0.3 is 0 Å². The van der Waals surface area contributed by atoms with Crippen molar-refractivity contribution in [3.8, 4) is 0 Å². The van der Waals surface area contributed by atoms with Gasteiger partial charge in [0.15, 0.2) is 0 Å². The minimum Gasteiger partial charge on any atom is -0.271 e. The summed E-state index contributed by atoms with van der Waals surface area (Å²) in [5.41, 5.74) is 4.46. The summed E-state index contributed by atoms with van der Waals surface area (Å²) in [7, 11) is 0. The zero-order valence-electron chi connectivity index (χ0n) is 10.0. The number of rotatable bonds is 4. The van der Waals surface area contributed by atoms with Crippen molar-refractivity contribution in [1.29, 1.82) is 0 Å². The Hall–Kier alpha value is -0.940. The lowest BCUT2D eigenvalue weighted by Crippen LogP contribution is -2.29. The highest BCUT2D eigenvalue weighted by Gasteiger charge is 2.14. The van der Waals surface area contributed by atoms with Gasteiger partial charge in [0, 0.05) is 9.50 Å². The third-order valence-electron chi connectivity index (χ3n) is 2.84. The normalized spacial score (nSPS) is 12.4. The lowest BCUT2D eigenvalue weighted by Gasteiger charge is -2.18. The third-order valence-corrected chi connectivity index (χ3v) is 3.65. The van der Waals surface area contributed by atoms with Gasteiger partial charge in [0.1, 0.15) is 5.82 Å². The van der Waals surface area contributed by atoms with E-state index in [0.29, 0.717) is 15.9 Å². The molecule has 2 aromatic carbocycles. The molecule has 0 spiro atoms. The van der Waals surface area contributed by atoms with Gasteiger partial charge < -0.3 is 0 Å². The minimum atomic E-state index is -0.278. The SMILES string of the molecule is NNC(Cc1cc(F)cc(Br)c1)c1ccccc1Cl. The molecule has 0 bridgehead atoms. The Bertz CT molecular complexity index is 557. The van der Waals surface area contributed by atoms with E-state index in [2.05, 4.69) is 21.4 Å². The van der Waals surface area contributed by atoms with Crippen LogP contribution in [0.1, 0.15) is 17.2 Å². The lowest BCUT2D eigenvalue weighted by molar-refractivity contribution is 0.548. The lowest BCUT2D eigenvalue weighted by atomic mass is 9.99. The largest absolute Gasteiger partial charge is 0.271 e. The molecule has 3 N–H and O–H groups in total. The van der Waals surface area contributed by atoms with E-state index >= 15 is 0 Å². The molecule has 2 aromatic rings. The first-order valence-electron chi connectivity index (χ1n) is 5.75. The Morgan fingerprint density at radius 2 is 2.00 bits per heavy atom. The van der Waals surface area contributed by atoms with Gasteiger partial charge in [0.05, 0.1) is 6.04 Å². The molecular weight excluding hydrogens is 331 g/mol. The zero-order chi connectivity index (χ0) is 13.8. The highest BCUT2D eigenvalue weighted by molar-refractivity contribution is 9.10. The predicted molar refractivity (Wildman–Crippen MR) is 79.3 cm³/mol. The Kier molecular flexibility index (Phi) is 4.93. The van der Waals surface area contributed by atoms with Gasteiger partial charge in [0.25, 0.3) is 0 Å². The number of benzene rings is 2. The number of hydrogen-bond acceptors (Lipinski definition) is 2. The van der Waals surface area contributed by atoms with Crippen LogP contribution in [0.15, 0.2) is 46.9 Å². The van der Waals surface area contributed by atoms with Crippen molar-refractivity contribution in [2.45, 2.75) is 12.5 Å². The van der Waals surface area contributed by atoms with E-state index < -0.39 is 0 Å². The summed E-state index contributed by atoms with van der Waals surface area (Å²) in [4.78, 5) is 0. The summed E-state index contributed by atoms with van der Waals surface area (Å²) in [5, 5.41) is 0.640. The molecule has 0 radical (unpaired) electrons. The molecule has 19 heavy (non-hydrogen) atoms. The van der Waals surface area contributed by atoms with Crippen LogP contribution in [-0.4, -0.2) is 0 Å². The summed E-state index contributed by atoms with van der Waals surface area (Å²) in [5.74, 6) is 5.31. The van der Waals surface area contributed by atoms with E-state index in [9.17, 15) is 4.39 Å². The first kappa shape index (κ1) is 14.5. The average molecular weight is 344 g/mol. The van der Waals surface area contributed by atoms with Crippen LogP contribution in [0.25, 0.3) is 0 Å². The van der Waals surface area contributed by atoms with E-state index in [1.807, 2.05) is 30.3 Å². The molecule has 0 aromatic heterocycles. The topological polar surface area (TPSA) is 38.0 Å². The van der Waals surface area contributed by atoms with E-state index in [0.717, 1.165) is 11.1 Å². The summed E-state index contributed by atoms with van der Waals surface area (Å²) >= 11 is 9.43.